The molecule has 1 spiro atoms. The highest BCUT2D eigenvalue weighted by Crippen LogP contribution is 2.57. The molecule has 0 aliphatic heterocycles. The Kier molecular flexibility index (Phi) is 4.19. The third kappa shape index (κ3) is 2.95. The van der Waals surface area contributed by atoms with Crippen LogP contribution < -0.4 is 4.74 Å². The Bertz CT molecular complexity index is 1020. The van der Waals surface area contributed by atoms with E-state index in [4.69, 9.17) is 16.3 Å². The summed E-state index contributed by atoms with van der Waals surface area (Å²) < 4.78 is 7.58. The largest absolute Gasteiger partial charge is 0.489 e. The van der Waals surface area contributed by atoms with Gasteiger partial charge in [-0.3, -0.25) is 4.98 Å². The second-order valence-electron chi connectivity index (χ2n) is 8.04. The third-order valence-electron chi connectivity index (χ3n) is 6.17. The molecule has 1 aromatic carbocycles. The normalized spacial score (nSPS) is 18.5. The molecule has 3 aromatic rings. The van der Waals surface area contributed by atoms with Crippen LogP contribution in [0.2, 0.25) is 5.02 Å². The first-order valence-corrected chi connectivity index (χ1v) is 10.7. The minimum Gasteiger partial charge on any atom is -0.489 e. The lowest BCUT2D eigenvalue weighted by Crippen LogP contribution is -2.48. The lowest BCUT2D eigenvalue weighted by molar-refractivity contribution is -0.0681. The van der Waals surface area contributed by atoms with Crippen LogP contribution in [0.3, 0.4) is 0 Å². The summed E-state index contributed by atoms with van der Waals surface area (Å²) in [5.41, 5.74) is 4.65. The van der Waals surface area contributed by atoms with Crippen LogP contribution in [0.15, 0.2) is 30.5 Å². The summed E-state index contributed by atoms with van der Waals surface area (Å²) in [7, 11) is 0. The van der Waals surface area contributed by atoms with Gasteiger partial charge in [-0.1, -0.05) is 18.0 Å². The van der Waals surface area contributed by atoms with E-state index < -0.39 is 0 Å². The maximum atomic E-state index is 9.52. The van der Waals surface area contributed by atoms with Crippen LogP contribution in [0.4, 0.5) is 0 Å². The predicted molar refractivity (Wildman–Crippen MR) is 111 cm³/mol. The van der Waals surface area contributed by atoms with Crippen molar-refractivity contribution in [3.05, 3.63) is 45.9 Å². The van der Waals surface area contributed by atoms with Crippen LogP contribution in [0.1, 0.15) is 42.5 Å². The van der Waals surface area contributed by atoms with Crippen molar-refractivity contribution in [3.63, 3.8) is 0 Å². The van der Waals surface area contributed by atoms with Crippen molar-refractivity contribution in [2.75, 3.05) is 0 Å². The van der Waals surface area contributed by atoms with E-state index in [-0.39, 0.29) is 6.61 Å². The number of halogens is 1. The number of nitrogens with zero attached hydrogens (tertiary/aromatic N) is 1. The number of rotatable bonds is 4. The Balaban J connectivity index is 1.56. The van der Waals surface area contributed by atoms with Crippen LogP contribution in [-0.2, 0) is 6.61 Å². The Hall–Kier alpha value is -1.62. The summed E-state index contributed by atoms with van der Waals surface area (Å²) in [6, 6.07) is 7.94. The number of hydrogen-bond acceptors (Lipinski definition) is 4. The van der Waals surface area contributed by atoms with Crippen LogP contribution in [0.25, 0.3) is 21.3 Å². The Morgan fingerprint density at radius 3 is 2.78 bits per heavy atom. The molecule has 2 aliphatic carbocycles. The Morgan fingerprint density at radius 2 is 2.07 bits per heavy atom. The standard InChI is InChI=1S/C22H22ClNO2S/c1-13-7-14(23)8-18(20(13)26-15-10-22(11-15)4-2-5-22)17-3-6-24-19-9-16(12-25)27-21(17)19/h3,6-9,15,25H,2,4-5,10-12H2,1H3. The van der Waals surface area contributed by atoms with Crippen molar-refractivity contribution in [1.82, 2.24) is 4.98 Å². The first-order chi connectivity index (χ1) is 13.1. The highest BCUT2D eigenvalue weighted by molar-refractivity contribution is 7.19. The number of benzene rings is 1. The van der Waals surface area contributed by atoms with E-state index in [9.17, 15) is 5.11 Å². The Morgan fingerprint density at radius 1 is 1.26 bits per heavy atom. The monoisotopic (exact) mass is 399 g/mol. The maximum Gasteiger partial charge on any atom is 0.130 e. The molecule has 2 aromatic heterocycles. The second kappa shape index (κ2) is 6.47. The molecule has 5 heteroatoms. The number of fused-ring (bicyclic) bond motifs is 1. The molecular weight excluding hydrogens is 378 g/mol. The number of aromatic nitrogens is 1. The molecule has 2 fully saturated rings. The average molecular weight is 400 g/mol. The number of aliphatic hydroxyl groups excluding tert-OH is 1. The zero-order valence-corrected chi connectivity index (χ0v) is 16.9. The fourth-order valence-electron chi connectivity index (χ4n) is 4.61. The van der Waals surface area contributed by atoms with Gasteiger partial charge in [-0.05, 0) is 67.9 Å². The van der Waals surface area contributed by atoms with Gasteiger partial charge in [0, 0.05) is 27.2 Å². The summed E-state index contributed by atoms with van der Waals surface area (Å²) >= 11 is 7.99. The molecule has 3 nitrogen and oxygen atoms in total. The van der Waals surface area contributed by atoms with E-state index in [1.54, 1.807) is 11.3 Å². The van der Waals surface area contributed by atoms with Crippen molar-refractivity contribution in [2.24, 2.45) is 5.41 Å². The molecule has 0 amide bonds. The molecule has 0 radical (unpaired) electrons. The fraction of sp³-hybridized carbons (Fsp3) is 0.409. The Labute approximate surface area is 168 Å². The van der Waals surface area contributed by atoms with E-state index in [2.05, 4.69) is 11.9 Å². The molecule has 140 valence electrons. The van der Waals surface area contributed by atoms with Gasteiger partial charge < -0.3 is 9.84 Å². The first-order valence-electron chi connectivity index (χ1n) is 9.52. The van der Waals surface area contributed by atoms with Gasteiger partial charge >= 0.3 is 0 Å². The highest BCUT2D eigenvalue weighted by Gasteiger charge is 2.49. The van der Waals surface area contributed by atoms with Crippen LogP contribution >= 0.6 is 22.9 Å². The number of thiophene rings is 1. The van der Waals surface area contributed by atoms with Crippen molar-refractivity contribution in [1.29, 1.82) is 0 Å². The second-order valence-corrected chi connectivity index (χ2v) is 9.62. The molecule has 27 heavy (non-hydrogen) atoms. The summed E-state index contributed by atoms with van der Waals surface area (Å²) in [6.45, 7) is 2.09. The molecule has 0 saturated heterocycles. The van der Waals surface area contributed by atoms with Gasteiger partial charge in [-0.15, -0.1) is 11.3 Å². The minimum absolute atomic E-state index is 0.0303. The van der Waals surface area contributed by atoms with Crippen molar-refractivity contribution in [3.8, 4) is 16.9 Å². The van der Waals surface area contributed by atoms with Crippen molar-refractivity contribution in [2.45, 2.75) is 51.7 Å². The van der Waals surface area contributed by atoms with Gasteiger partial charge in [-0.2, -0.15) is 0 Å². The summed E-state index contributed by atoms with van der Waals surface area (Å²) in [5, 5.41) is 10.2. The molecule has 0 unspecified atom stereocenters. The highest BCUT2D eigenvalue weighted by atomic mass is 35.5. The smallest absolute Gasteiger partial charge is 0.130 e. The number of aryl methyl sites for hydroxylation is 1. The summed E-state index contributed by atoms with van der Waals surface area (Å²) in [5.74, 6) is 0.935. The first kappa shape index (κ1) is 17.5. The molecule has 2 heterocycles. The van der Waals surface area contributed by atoms with Gasteiger partial charge in [0.05, 0.1) is 22.9 Å². The van der Waals surface area contributed by atoms with Crippen molar-refractivity contribution < 1.29 is 9.84 Å². The molecule has 2 aliphatic rings. The summed E-state index contributed by atoms with van der Waals surface area (Å²) in [4.78, 5) is 5.38. The molecule has 0 atom stereocenters. The van der Waals surface area contributed by atoms with E-state index >= 15 is 0 Å². The summed E-state index contributed by atoms with van der Waals surface area (Å²) in [6.07, 6.45) is 8.57. The average Bonchev–Trinajstić information content (AvgIpc) is 3.00. The number of pyridine rings is 1. The zero-order chi connectivity index (χ0) is 18.6. The number of hydrogen-bond donors (Lipinski definition) is 1. The van der Waals surface area contributed by atoms with Gasteiger partial charge in [-0.25, -0.2) is 0 Å². The molecule has 1 N–H and O–H groups in total. The number of ether oxygens (including phenoxy) is 1. The van der Waals surface area contributed by atoms with Gasteiger partial charge in [0.15, 0.2) is 0 Å². The van der Waals surface area contributed by atoms with Gasteiger partial charge in [0.25, 0.3) is 0 Å². The van der Waals surface area contributed by atoms with Crippen LogP contribution in [0.5, 0.6) is 5.75 Å². The molecule has 0 bridgehead atoms. The minimum atomic E-state index is 0.0303. The zero-order valence-electron chi connectivity index (χ0n) is 15.3. The van der Waals surface area contributed by atoms with E-state index in [0.717, 1.165) is 37.5 Å². The van der Waals surface area contributed by atoms with Gasteiger partial charge in [0.2, 0.25) is 0 Å². The van der Waals surface area contributed by atoms with Crippen molar-refractivity contribution >= 4 is 33.2 Å². The van der Waals surface area contributed by atoms with Crippen LogP contribution in [0, 0.1) is 12.3 Å². The fourth-order valence-corrected chi connectivity index (χ4v) is 5.88. The maximum absolute atomic E-state index is 9.52. The SMILES string of the molecule is Cc1cc(Cl)cc(-c2ccnc3cc(CO)sc23)c1OC1CC2(CCC2)C1. The molecular formula is C22H22ClNO2S. The van der Waals surface area contributed by atoms with E-state index in [1.807, 2.05) is 30.5 Å². The number of aliphatic hydroxyl groups is 1. The molecule has 5 rings (SSSR count). The lowest BCUT2D eigenvalue weighted by atomic mass is 9.55. The quantitative estimate of drug-likeness (QED) is 0.573. The topological polar surface area (TPSA) is 42.4 Å². The van der Waals surface area contributed by atoms with E-state index in [0.29, 0.717) is 16.5 Å². The van der Waals surface area contributed by atoms with Crippen LogP contribution in [-0.4, -0.2) is 16.2 Å². The molecule has 2 saturated carbocycles. The predicted octanol–water partition coefficient (Wildman–Crippen LogP) is 6.13. The lowest BCUT2D eigenvalue weighted by Gasteiger charge is -2.53. The van der Waals surface area contributed by atoms with Gasteiger partial charge in [0.1, 0.15) is 5.75 Å². The van der Waals surface area contributed by atoms with E-state index in [1.165, 1.54) is 32.1 Å². The third-order valence-corrected chi connectivity index (χ3v) is 7.53.